The number of aromatic amines is 1. The maximum atomic E-state index is 11.1. The molecule has 4 heteroatoms. The van der Waals surface area contributed by atoms with Gasteiger partial charge in [0.05, 0.1) is 0 Å². The maximum Gasteiger partial charge on any atom is 0.248 e. The quantitative estimate of drug-likeness (QED) is 0.644. The van der Waals surface area contributed by atoms with Crippen LogP contribution in [-0.2, 0) is 0 Å². The molecule has 3 N–H and O–H groups in total. The van der Waals surface area contributed by atoms with Crippen LogP contribution >= 0.6 is 0 Å². The lowest BCUT2D eigenvalue weighted by molar-refractivity contribution is 0.100. The molecular weight excluding hydrogens is 202 g/mol. The van der Waals surface area contributed by atoms with Gasteiger partial charge >= 0.3 is 0 Å². The summed E-state index contributed by atoms with van der Waals surface area (Å²) in [5.41, 5.74) is 7.54. The van der Waals surface area contributed by atoms with E-state index >= 15 is 0 Å². The van der Waals surface area contributed by atoms with E-state index < -0.39 is 5.91 Å². The van der Waals surface area contributed by atoms with Crippen molar-refractivity contribution in [1.82, 2.24) is 9.97 Å². The predicted molar refractivity (Wildman–Crippen MR) is 62.1 cm³/mol. The summed E-state index contributed by atoms with van der Waals surface area (Å²) in [5, 5.41) is 1.97. The van der Waals surface area contributed by atoms with Crippen LogP contribution in [0.25, 0.3) is 21.9 Å². The number of hydrogen-bond donors (Lipinski definition) is 2. The zero-order valence-corrected chi connectivity index (χ0v) is 8.40. The fourth-order valence-corrected chi connectivity index (χ4v) is 1.88. The highest BCUT2D eigenvalue weighted by molar-refractivity contribution is 6.08. The lowest BCUT2D eigenvalue weighted by Crippen LogP contribution is -2.10. The molecule has 0 aliphatic carbocycles. The Bertz CT molecular complexity index is 700. The normalized spacial score (nSPS) is 11.0. The summed E-state index contributed by atoms with van der Waals surface area (Å²) in [6.07, 6.45) is 1.73. The van der Waals surface area contributed by atoms with Crippen molar-refractivity contribution in [2.45, 2.75) is 0 Å². The summed E-state index contributed by atoms with van der Waals surface area (Å²) in [5.74, 6) is -0.417. The van der Waals surface area contributed by atoms with Crippen LogP contribution in [0.15, 0.2) is 36.5 Å². The molecule has 1 amide bonds. The number of rotatable bonds is 1. The van der Waals surface area contributed by atoms with Gasteiger partial charge in [0.15, 0.2) is 0 Å². The summed E-state index contributed by atoms with van der Waals surface area (Å²) in [4.78, 5) is 18.5. The summed E-state index contributed by atoms with van der Waals surface area (Å²) >= 11 is 0. The number of primary amides is 1. The number of carbonyl (C=O) groups excluding carboxylic acids is 1. The molecular formula is C12H9N3O. The number of nitrogens with one attached hydrogen (secondary N) is 1. The van der Waals surface area contributed by atoms with Gasteiger partial charge in [-0.25, -0.2) is 4.98 Å². The van der Waals surface area contributed by atoms with E-state index in [1.165, 1.54) is 0 Å². The molecule has 0 spiro atoms. The predicted octanol–water partition coefficient (Wildman–Crippen LogP) is 1.81. The number of pyridine rings is 1. The second-order valence-electron chi connectivity index (χ2n) is 3.65. The molecule has 0 saturated heterocycles. The summed E-state index contributed by atoms with van der Waals surface area (Å²) in [6, 6.07) is 9.17. The number of carbonyl (C=O) groups is 1. The van der Waals surface area contributed by atoms with Gasteiger partial charge in [-0.1, -0.05) is 0 Å². The fourth-order valence-electron chi connectivity index (χ4n) is 1.88. The Labute approximate surface area is 91.1 Å². The van der Waals surface area contributed by atoms with Crippen molar-refractivity contribution >= 4 is 27.8 Å². The van der Waals surface area contributed by atoms with Crippen LogP contribution in [0.2, 0.25) is 0 Å². The SMILES string of the molecule is NC(=O)c1ccc2[nH]c3ncccc3c2c1. The summed E-state index contributed by atoms with van der Waals surface area (Å²) in [7, 11) is 0. The molecule has 3 aromatic rings. The molecule has 0 saturated carbocycles. The standard InChI is InChI=1S/C12H9N3O/c13-11(16)7-3-4-10-9(6-7)8-2-1-5-14-12(8)15-10/h1-6H,(H2,13,16)(H,14,15). The van der Waals surface area contributed by atoms with E-state index in [1.54, 1.807) is 18.3 Å². The molecule has 16 heavy (non-hydrogen) atoms. The third-order valence-corrected chi connectivity index (χ3v) is 2.66. The first-order valence-corrected chi connectivity index (χ1v) is 4.92. The monoisotopic (exact) mass is 211 g/mol. The number of H-pyrrole nitrogens is 1. The van der Waals surface area contributed by atoms with Crippen LogP contribution in [0.1, 0.15) is 10.4 Å². The Morgan fingerprint density at radius 2 is 2.12 bits per heavy atom. The Morgan fingerprint density at radius 3 is 2.94 bits per heavy atom. The molecule has 0 bridgehead atoms. The number of amides is 1. The lowest BCUT2D eigenvalue weighted by Gasteiger charge is -1.95. The number of nitrogens with two attached hydrogens (primary N) is 1. The Morgan fingerprint density at radius 1 is 1.25 bits per heavy atom. The average molecular weight is 211 g/mol. The summed E-state index contributed by atoms with van der Waals surface area (Å²) < 4.78 is 0. The van der Waals surface area contributed by atoms with Crippen molar-refractivity contribution in [3.8, 4) is 0 Å². The van der Waals surface area contributed by atoms with Gasteiger partial charge in [-0.3, -0.25) is 4.79 Å². The first-order valence-electron chi connectivity index (χ1n) is 4.92. The van der Waals surface area contributed by atoms with Crippen molar-refractivity contribution in [3.63, 3.8) is 0 Å². The highest BCUT2D eigenvalue weighted by Gasteiger charge is 2.07. The van der Waals surface area contributed by atoms with Crippen LogP contribution < -0.4 is 5.73 Å². The van der Waals surface area contributed by atoms with Crippen molar-refractivity contribution in [1.29, 1.82) is 0 Å². The minimum atomic E-state index is -0.417. The fraction of sp³-hybridized carbons (Fsp3) is 0. The van der Waals surface area contributed by atoms with E-state index in [1.807, 2.05) is 18.2 Å². The molecule has 3 rings (SSSR count). The Hall–Kier alpha value is -2.36. The molecule has 0 fully saturated rings. The number of hydrogen-bond acceptors (Lipinski definition) is 2. The van der Waals surface area contributed by atoms with Crippen LogP contribution in [0.3, 0.4) is 0 Å². The maximum absolute atomic E-state index is 11.1. The molecule has 0 aliphatic rings. The molecule has 0 unspecified atom stereocenters. The molecule has 78 valence electrons. The molecule has 0 aliphatic heterocycles. The zero-order chi connectivity index (χ0) is 11.1. The topological polar surface area (TPSA) is 71.8 Å². The van der Waals surface area contributed by atoms with Gasteiger partial charge in [0.25, 0.3) is 0 Å². The van der Waals surface area contributed by atoms with Gasteiger partial charge in [0, 0.05) is 28.0 Å². The van der Waals surface area contributed by atoms with E-state index in [0.717, 1.165) is 21.9 Å². The smallest absolute Gasteiger partial charge is 0.248 e. The van der Waals surface area contributed by atoms with Crippen LogP contribution in [-0.4, -0.2) is 15.9 Å². The van der Waals surface area contributed by atoms with Gasteiger partial charge < -0.3 is 10.7 Å². The minimum absolute atomic E-state index is 0.417. The van der Waals surface area contributed by atoms with Crippen molar-refractivity contribution < 1.29 is 4.79 Å². The van der Waals surface area contributed by atoms with Crippen molar-refractivity contribution in [2.75, 3.05) is 0 Å². The molecule has 1 aromatic carbocycles. The first kappa shape index (κ1) is 8.91. The van der Waals surface area contributed by atoms with Crippen molar-refractivity contribution in [3.05, 3.63) is 42.1 Å². The van der Waals surface area contributed by atoms with Crippen molar-refractivity contribution in [2.24, 2.45) is 5.73 Å². The molecule has 2 heterocycles. The second-order valence-corrected chi connectivity index (χ2v) is 3.65. The lowest BCUT2D eigenvalue weighted by atomic mass is 10.1. The van der Waals surface area contributed by atoms with E-state index in [9.17, 15) is 4.79 Å². The highest BCUT2D eigenvalue weighted by Crippen LogP contribution is 2.24. The third-order valence-electron chi connectivity index (χ3n) is 2.66. The van der Waals surface area contributed by atoms with E-state index in [4.69, 9.17) is 5.73 Å². The number of aromatic nitrogens is 2. The van der Waals surface area contributed by atoms with E-state index in [-0.39, 0.29) is 0 Å². The molecule has 0 radical (unpaired) electrons. The summed E-state index contributed by atoms with van der Waals surface area (Å²) in [6.45, 7) is 0. The Balaban J connectivity index is 2.44. The van der Waals surface area contributed by atoms with Gasteiger partial charge in [-0.2, -0.15) is 0 Å². The van der Waals surface area contributed by atoms with Gasteiger partial charge in [0.2, 0.25) is 5.91 Å². The van der Waals surface area contributed by atoms with E-state index in [0.29, 0.717) is 5.56 Å². The minimum Gasteiger partial charge on any atom is -0.366 e. The highest BCUT2D eigenvalue weighted by atomic mass is 16.1. The van der Waals surface area contributed by atoms with Gasteiger partial charge in [0.1, 0.15) is 5.65 Å². The molecule has 0 atom stereocenters. The van der Waals surface area contributed by atoms with Gasteiger partial charge in [-0.05, 0) is 30.3 Å². The first-order chi connectivity index (χ1) is 7.75. The van der Waals surface area contributed by atoms with Gasteiger partial charge in [-0.15, -0.1) is 0 Å². The Kier molecular flexibility index (Phi) is 1.71. The number of nitrogens with zero attached hydrogens (tertiary/aromatic N) is 1. The van der Waals surface area contributed by atoms with Crippen LogP contribution in [0, 0.1) is 0 Å². The third kappa shape index (κ3) is 1.16. The number of benzene rings is 1. The number of fused-ring (bicyclic) bond motifs is 3. The average Bonchev–Trinajstić information content (AvgIpc) is 2.66. The largest absolute Gasteiger partial charge is 0.366 e. The van der Waals surface area contributed by atoms with Crippen LogP contribution in [0.5, 0.6) is 0 Å². The van der Waals surface area contributed by atoms with E-state index in [2.05, 4.69) is 9.97 Å². The zero-order valence-electron chi connectivity index (χ0n) is 8.40. The second kappa shape index (κ2) is 3.06. The molecule has 2 aromatic heterocycles. The van der Waals surface area contributed by atoms with Crippen LogP contribution in [0.4, 0.5) is 0 Å². The molecule has 4 nitrogen and oxygen atoms in total.